The summed E-state index contributed by atoms with van der Waals surface area (Å²) in [5, 5.41) is 0.245. The molecule has 2 rings (SSSR count). The van der Waals surface area contributed by atoms with E-state index in [9.17, 15) is 4.79 Å². The molecule has 16 heavy (non-hydrogen) atoms. The van der Waals surface area contributed by atoms with Crippen LogP contribution in [0.2, 0.25) is 5.15 Å². The van der Waals surface area contributed by atoms with Crippen LogP contribution in [0.4, 0.5) is 5.82 Å². The molecule has 1 saturated carbocycles. The van der Waals surface area contributed by atoms with E-state index >= 15 is 0 Å². The number of carbonyl (C=O) groups is 1. The highest BCUT2D eigenvalue weighted by molar-refractivity contribution is 6.31. The van der Waals surface area contributed by atoms with Gasteiger partial charge in [0.25, 0.3) is 0 Å². The van der Waals surface area contributed by atoms with Crippen molar-refractivity contribution in [2.45, 2.75) is 25.7 Å². The predicted octanol–water partition coefficient (Wildman–Crippen LogP) is 1.76. The molecule has 1 fully saturated rings. The molecule has 86 valence electrons. The number of hydrogen-bond acceptors (Lipinski definition) is 4. The molecule has 0 aliphatic heterocycles. The van der Waals surface area contributed by atoms with Crippen molar-refractivity contribution in [3.05, 3.63) is 17.5 Å². The van der Waals surface area contributed by atoms with Gasteiger partial charge >= 0.3 is 0 Å². The molecule has 1 heterocycles. The SMILES string of the molecule is O=C(NNc1nccnc1Cl)C1CCCC1. The second-order valence-corrected chi connectivity index (χ2v) is 4.15. The lowest BCUT2D eigenvalue weighted by molar-refractivity contribution is -0.124. The van der Waals surface area contributed by atoms with Crippen molar-refractivity contribution >= 4 is 23.3 Å². The standard InChI is InChI=1S/C10H13ClN4O/c11-8-9(13-6-5-12-8)14-15-10(16)7-3-1-2-4-7/h5-7H,1-4H2,(H,13,14)(H,15,16). The fourth-order valence-corrected chi connectivity index (χ4v) is 1.97. The number of nitrogens with zero attached hydrogens (tertiary/aromatic N) is 2. The normalized spacial score (nSPS) is 16.1. The molecule has 6 heteroatoms. The Morgan fingerprint density at radius 1 is 1.31 bits per heavy atom. The molecule has 1 aliphatic carbocycles. The monoisotopic (exact) mass is 240 g/mol. The molecule has 0 aromatic carbocycles. The highest BCUT2D eigenvalue weighted by Crippen LogP contribution is 2.24. The van der Waals surface area contributed by atoms with E-state index in [2.05, 4.69) is 20.8 Å². The number of hydrazine groups is 1. The van der Waals surface area contributed by atoms with Crippen molar-refractivity contribution in [2.75, 3.05) is 5.43 Å². The third-order valence-electron chi connectivity index (χ3n) is 2.68. The number of halogens is 1. The van der Waals surface area contributed by atoms with Crippen molar-refractivity contribution in [3.63, 3.8) is 0 Å². The van der Waals surface area contributed by atoms with Gasteiger partial charge < -0.3 is 0 Å². The van der Waals surface area contributed by atoms with Crippen molar-refractivity contribution in [1.29, 1.82) is 0 Å². The lowest BCUT2D eigenvalue weighted by atomic mass is 10.1. The molecule has 1 aliphatic rings. The Labute approximate surface area is 98.6 Å². The van der Waals surface area contributed by atoms with Crippen LogP contribution in [0.25, 0.3) is 0 Å². The lowest BCUT2D eigenvalue weighted by Crippen LogP contribution is -2.34. The van der Waals surface area contributed by atoms with Gasteiger partial charge in [-0.1, -0.05) is 24.4 Å². The van der Waals surface area contributed by atoms with Gasteiger partial charge in [-0.25, -0.2) is 9.97 Å². The molecule has 5 nitrogen and oxygen atoms in total. The van der Waals surface area contributed by atoms with Gasteiger partial charge in [-0.15, -0.1) is 0 Å². The molecule has 0 spiro atoms. The lowest BCUT2D eigenvalue weighted by Gasteiger charge is -2.11. The average molecular weight is 241 g/mol. The first kappa shape index (κ1) is 11.1. The van der Waals surface area contributed by atoms with Crippen LogP contribution >= 0.6 is 11.6 Å². The number of nitrogens with one attached hydrogen (secondary N) is 2. The van der Waals surface area contributed by atoms with Gasteiger partial charge in [-0.3, -0.25) is 15.6 Å². The van der Waals surface area contributed by atoms with Crippen molar-refractivity contribution in [3.8, 4) is 0 Å². The van der Waals surface area contributed by atoms with E-state index in [1.54, 1.807) is 0 Å². The minimum Gasteiger partial charge on any atom is -0.279 e. The number of rotatable bonds is 3. The highest BCUT2D eigenvalue weighted by atomic mass is 35.5. The topological polar surface area (TPSA) is 66.9 Å². The molecule has 2 N–H and O–H groups in total. The van der Waals surface area contributed by atoms with Crippen molar-refractivity contribution in [2.24, 2.45) is 5.92 Å². The fraction of sp³-hybridized carbons (Fsp3) is 0.500. The Morgan fingerprint density at radius 3 is 2.69 bits per heavy atom. The van der Waals surface area contributed by atoms with E-state index in [-0.39, 0.29) is 17.0 Å². The Balaban J connectivity index is 1.87. The van der Waals surface area contributed by atoms with E-state index in [4.69, 9.17) is 11.6 Å². The third-order valence-corrected chi connectivity index (χ3v) is 2.96. The molecular weight excluding hydrogens is 228 g/mol. The van der Waals surface area contributed by atoms with E-state index in [1.165, 1.54) is 12.4 Å². The van der Waals surface area contributed by atoms with Crippen LogP contribution in [0.3, 0.4) is 0 Å². The quantitative estimate of drug-likeness (QED) is 0.791. The maximum Gasteiger partial charge on any atom is 0.241 e. The minimum atomic E-state index is -0.000722. The van der Waals surface area contributed by atoms with Crippen LogP contribution in [0.1, 0.15) is 25.7 Å². The summed E-state index contributed by atoms with van der Waals surface area (Å²) in [6.07, 6.45) is 7.18. The summed E-state index contributed by atoms with van der Waals surface area (Å²) < 4.78 is 0. The van der Waals surface area contributed by atoms with Gasteiger partial charge in [-0.2, -0.15) is 0 Å². The number of hydrogen-bond donors (Lipinski definition) is 2. The Hall–Kier alpha value is -1.36. The molecule has 1 amide bonds. The van der Waals surface area contributed by atoms with E-state index in [1.807, 2.05) is 0 Å². The number of anilines is 1. The summed E-state index contributed by atoms with van der Waals surface area (Å²) in [5.74, 6) is 0.484. The Bertz CT molecular complexity index is 379. The van der Waals surface area contributed by atoms with Crippen LogP contribution in [0, 0.1) is 5.92 Å². The summed E-state index contributed by atoms with van der Waals surface area (Å²) in [5.41, 5.74) is 5.29. The van der Waals surface area contributed by atoms with Gasteiger partial charge in [0.1, 0.15) is 0 Å². The number of aromatic nitrogens is 2. The van der Waals surface area contributed by atoms with Gasteiger partial charge in [0.2, 0.25) is 5.91 Å². The Morgan fingerprint density at radius 2 is 2.00 bits per heavy atom. The van der Waals surface area contributed by atoms with Crippen molar-refractivity contribution in [1.82, 2.24) is 15.4 Å². The molecule has 0 atom stereocenters. The number of carbonyl (C=O) groups excluding carboxylic acids is 1. The summed E-state index contributed by atoms with van der Waals surface area (Å²) >= 11 is 5.78. The molecule has 0 bridgehead atoms. The number of amides is 1. The van der Waals surface area contributed by atoms with Gasteiger partial charge in [0, 0.05) is 18.3 Å². The maximum absolute atomic E-state index is 11.7. The molecule has 1 aromatic heterocycles. The molecule has 0 radical (unpaired) electrons. The van der Waals surface area contributed by atoms with Crippen molar-refractivity contribution < 1.29 is 4.79 Å². The van der Waals surface area contributed by atoms with Crippen LogP contribution in [-0.4, -0.2) is 15.9 Å². The maximum atomic E-state index is 11.7. The Kier molecular flexibility index (Phi) is 3.56. The first-order valence-corrected chi connectivity index (χ1v) is 5.67. The third kappa shape index (κ3) is 2.61. The second kappa shape index (κ2) is 5.12. The molecule has 0 unspecified atom stereocenters. The smallest absolute Gasteiger partial charge is 0.241 e. The van der Waals surface area contributed by atoms with Crippen LogP contribution < -0.4 is 10.9 Å². The minimum absolute atomic E-state index is 0.000722. The van der Waals surface area contributed by atoms with Gasteiger partial charge in [0.15, 0.2) is 11.0 Å². The van der Waals surface area contributed by atoms with E-state index in [0.717, 1.165) is 25.7 Å². The molecule has 1 aromatic rings. The first-order chi connectivity index (χ1) is 7.77. The molecule has 0 saturated heterocycles. The zero-order chi connectivity index (χ0) is 11.4. The summed E-state index contributed by atoms with van der Waals surface area (Å²) in [6.45, 7) is 0. The first-order valence-electron chi connectivity index (χ1n) is 5.30. The predicted molar refractivity (Wildman–Crippen MR) is 60.8 cm³/mol. The molecular formula is C10H13ClN4O. The van der Waals surface area contributed by atoms with Gasteiger partial charge in [-0.05, 0) is 12.8 Å². The van der Waals surface area contributed by atoms with Crippen LogP contribution in [0.15, 0.2) is 12.4 Å². The summed E-state index contributed by atoms with van der Waals surface area (Å²) in [4.78, 5) is 19.5. The van der Waals surface area contributed by atoms with E-state index < -0.39 is 0 Å². The fourth-order valence-electron chi connectivity index (χ4n) is 1.82. The van der Waals surface area contributed by atoms with Crippen LogP contribution in [0.5, 0.6) is 0 Å². The summed E-state index contributed by atoms with van der Waals surface area (Å²) in [6, 6.07) is 0. The zero-order valence-electron chi connectivity index (χ0n) is 8.74. The summed E-state index contributed by atoms with van der Waals surface area (Å²) in [7, 11) is 0. The largest absolute Gasteiger partial charge is 0.279 e. The zero-order valence-corrected chi connectivity index (χ0v) is 9.50. The van der Waals surface area contributed by atoms with Gasteiger partial charge in [0.05, 0.1) is 0 Å². The highest BCUT2D eigenvalue weighted by Gasteiger charge is 2.22. The van der Waals surface area contributed by atoms with Crippen LogP contribution in [-0.2, 0) is 4.79 Å². The average Bonchev–Trinajstić information content (AvgIpc) is 2.81. The van der Waals surface area contributed by atoms with E-state index in [0.29, 0.717) is 5.82 Å². The second-order valence-electron chi connectivity index (χ2n) is 3.79.